The number of aryl methyl sites for hydroxylation is 1. The van der Waals surface area contributed by atoms with E-state index in [9.17, 15) is 0 Å². The summed E-state index contributed by atoms with van der Waals surface area (Å²) in [6.45, 7) is 2.11. The van der Waals surface area contributed by atoms with Gasteiger partial charge in [-0.25, -0.2) is 0 Å². The molecule has 7 nitrogen and oxygen atoms in total. The van der Waals surface area contributed by atoms with Crippen molar-refractivity contribution in [3.63, 3.8) is 0 Å². The van der Waals surface area contributed by atoms with E-state index in [1.165, 1.54) is 0 Å². The second kappa shape index (κ2) is 4.84. The van der Waals surface area contributed by atoms with E-state index in [0.29, 0.717) is 23.5 Å². The first-order valence-corrected chi connectivity index (χ1v) is 5.15. The maximum atomic E-state index is 5.11. The molecule has 86 valence electrons. The van der Waals surface area contributed by atoms with Crippen LogP contribution in [0.1, 0.15) is 19.2 Å². The fraction of sp³-hybridized carbons (Fsp3) is 0.556. The average Bonchev–Trinajstić information content (AvgIpc) is 2.95. The summed E-state index contributed by atoms with van der Waals surface area (Å²) in [5.41, 5.74) is 0.594. The van der Waals surface area contributed by atoms with E-state index < -0.39 is 0 Å². The number of hydrogen-bond acceptors (Lipinski definition) is 6. The maximum absolute atomic E-state index is 5.11. The van der Waals surface area contributed by atoms with Gasteiger partial charge in [0.1, 0.15) is 0 Å². The Morgan fingerprint density at radius 1 is 1.56 bits per heavy atom. The first-order chi connectivity index (χ1) is 7.79. The van der Waals surface area contributed by atoms with Crippen molar-refractivity contribution in [2.45, 2.75) is 25.8 Å². The number of hydrogen-bond donors (Lipinski definition) is 2. The molecule has 0 aliphatic carbocycles. The molecule has 0 saturated heterocycles. The van der Waals surface area contributed by atoms with Crippen LogP contribution in [0.5, 0.6) is 0 Å². The summed E-state index contributed by atoms with van der Waals surface area (Å²) in [7, 11) is 1.93. The van der Waals surface area contributed by atoms with Gasteiger partial charge in [0.15, 0.2) is 5.69 Å². The molecule has 0 aliphatic heterocycles. The van der Waals surface area contributed by atoms with E-state index in [4.69, 9.17) is 4.52 Å². The van der Waals surface area contributed by atoms with Gasteiger partial charge in [0.25, 0.3) is 0 Å². The highest BCUT2D eigenvalue weighted by atomic mass is 16.5. The smallest absolute Gasteiger partial charge is 0.227 e. The van der Waals surface area contributed by atoms with Crippen molar-refractivity contribution in [1.29, 1.82) is 0 Å². The number of H-pyrrole nitrogens is 1. The SMILES string of the molecule is CNC(C)CCc1nc(-c2cn[nH]n2)no1. The highest BCUT2D eigenvalue weighted by Crippen LogP contribution is 2.11. The molecule has 1 atom stereocenters. The van der Waals surface area contributed by atoms with Crippen molar-refractivity contribution in [3.05, 3.63) is 12.1 Å². The summed E-state index contributed by atoms with van der Waals surface area (Å²) in [6.07, 6.45) is 3.27. The van der Waals surface area contributed by atoms with Crippen LogP contribution < -0.4 is 5.32 Å². The Morgan fingerprint density at radius 2 is 2.44 bits per heavy atom. The Morgan fingerprint density at radius 3 is 3.12 bits per heavy atom. The van der Waals surface area contributed by atoms with Gasteiger partial charge in [0.2, 0.25) is 11.7 Å². The van der Waals surface area contributed by atoms with Crippen LogP contribution in [-0.2, 0) is 6.42 Å². The zero-order chi connectivity index (χ0) is 11.4. The summed E-state index contributed by atoms with van der Waals surface area (Å²) in [5, 5.41) is 17.1. The monoisotopic (exact) mass is 222 g/mol. The van der Waals surface area contributed by atoms with E-state index in [-0.39, 0.29) is 0 Å². The van der Waals surface area contributed by atoms with E-state index in [1.54, 1.807) is 6.20 Å². The van der Waals surface area contributed by atoms with Crippen molar-refractivity contribution < 1.29 is 4.52 Å². The second-order valence-corrected chi connectivity index (χ2v) is 3.60. The Bertz CT molecular complexity index is 423. The van der Waals surface area contributed by atoms with Gasteiger partial charge in [-0.2, -0.15) is 20.4 Å². The minimum absolute atomic E-state index is 0.433. The molecule has 1 unspecified atom stereocenters. The molecule has 0 aromatic carbocycles. The third-order valence-corrected chi connectivity index (χ3v) is 2.40. The fourth-order valence-electron chi connectivity index (χ4n) is 1.25. The zero-order valence-electron chi connectivity index (χ0n) is 9.27. The minimum Gasteiger partial charge on any atom is -0.339 e. The quantitative estimate of drug-likeness (QED) is 0.760. The molecule has 16 heavy (non-hydrogen) atoms. The van der Waals surface area contributed by atoms with Crippen LogP contribution in [0.4, 0.5) is 0 Å². The van der Waals surface area contributed by atoms with Gasteiger partial charge < -0.3 is 9.84 Å². The predicted octanol–water partition coefficient (Wildman–Crippen LogP) is 0.395. The lowest BCUT2D eigenvalue weighted by Crippen LogP contribution is -2.21. The number of aromatic nitrogens is 5. The zero-order valence-corrected chi connectivity index (χ0v) is 9.27. The largest absolute Gasteiger partial charge is 0.339 e. The normalized spacial score (nSPS) is 12.9. The molecular formula is C9H14N6O. The lowest BCUT2D eigenvalue weighted by molar-refractivity contribution is 0.369. The van der Waals surface area contributed by atoms with Crippen LogP contribution in [0.3, 0.4) is 0 Å². The molecule has 0 aliphatic rings. The van der Waals surface area contributed by atoms with Gasteiger partial charge in [-0.1, -0.05) is 5.16 Å². The molecule has 0 radical (unpaired) electrons. The Labute approximate surface area is 92.6 Å². The van der Waals surface area contributed by atoms with E-state index >= 15 is 0 Å². The minimum atomic E-state index is 0.433. The summed E-state index contributed by atoms with van der Waals surface area (Å²) in [5.74, 6) is 1.10. The molecule has 0 amide bonds. The van der Waals surface area contributed by atoms with Crippen LogP contribution in [0.25, 0.3) is 11.5 Å². The molecule has 0 spiro atoms. The third kappa shape index (κ3) is 2.43. The molecule has 0 fully saturated rings. The predicted molar refractivity (Wildman–Crippen MR) is 56.5 cm³/mol. The molecule has 7 heteroatoms. The van der Waals surface area contributed by atoms with E-state index in [2.05, 4.69) is 37.8 Å². The highest BCUT2D eigenvalue weighted by Gasteiger charge is 2.11. The van der Waals surface area contributed by atoms with Gasteiger partial charge in [-0.3, -0.25) is 0 Å². The first kappa shape index (κ1) is 10.7. The molecule has 2 aromatic heterocycles. The van der Waals surface area contributed by atoms with Crippen molar-refractivity contribution in [3.8, 4) is 11.5 Å². The molecule has 0 bridgehead atoms. The third-order valence-electron chi connectivity index (χ3n) is 2.40. The Kier molecular flexibility index (Phi) is 3.25. The van der Waals surface area contributed by atoms with Gasteiger partial charge in [0, 0.05) is 12.5 Å². The summed E-state index contributed by atoms with van der Waals surface area (Å²) in [4.78, 5) is 4.23. The summed E-state index contributed by atoms with van der Waals surface area (Å²) in [6, 6.07) is 0.433. The fourth-order valence-corrected chi connectivity index (χ4v) is 1.25. The molecule has 0 saturated carbocycles. The number of nitrogens with one attached hydrogen (secondary N) is 2. The van der Waals surface area contributed by atoms with E-state index in [0.717, 1.165) is 12.8 Å². The number of rotatable bonds is 5. The Balaban J connectivity index is 1.98. The summed E-state index contributed by atoms with van der Waals surface area (Å²) < 4.78 is 5.11. The van der Waals surface area contributed by atoms with Crippen molar-refractivity contribution in [2.75, 3.05) is 7.05 Å². The topological polar surface area (TPSA) is 92.5 Å². The van der Waals surface area contributed by atoms with Crippen LogP contribution >= 0.6 is 0 Å². The van der Waals surface area contributed by atoms with Crippen LogP contribution in [0.2, 0.25) is 0 Å². The summed E-state index contributed by atoms with van der Waals surface area (Å²) >= 11 is 0. The Hall–Kier alpha value is -1.76. The standard InChI is InChI=1S/C9H14N6O/c1-6(10-2)3-4-8-12-9(14-16-8)7-5-11-15-13-7/h5-6,10H,3-4H2,1-2H3,(H,11,13,15). The lowest BCUT2D eigenvalue weighted by atomic mass is 10.2. The molecule has 2 rings (SSSR count). The van der Waals surface area contributed by atoms with E-state index in [1.807, 2.05) is 7.05 Å². The number of nitrogens with zero attached hydrogens (tertiary/aromatic N) is 4. The second-order valence-electron chi connectivity index (χ2n) is 3.60. The van der Waals surface area contributed by atoms with Crippen LogP contribution in [0, 0.1) is 0 Å². The highest BCUT2D eigenvalue weighted by molar-refractivity contribution is 5.44. The first-order valence-electron chi connectivity index (χ1n) is 5.15. The average molecular weight is 222 g/mol. The lowest BCUT2D eigenvalue weighted by Gasteiger charge is -2.06. The van der Waals surface area contributed by atoms with Gasteiger partial charge in [-0.05, 0) is 20.4 Å². The molecule has 2 N–H and O–H groups in total. The van der Waals surface area contributed by atoms with Gasteiger partial charge in [0.05, 0.1) is 6.20 Å². The maximum Gasteiger partial charge on any atom is 0.227 e. The molecule has 2 aromatic rings. The van der Waals surface area contributed by atoms with Crippen LogP contribution in [-0.4, -0.2) is 38.6 Å². The molecular weight excluding hydrogens is 208 g/mol. The van der Waals surface area contributed by atoms with Crippen molar-refractivity contribution in [2.24, 2.45) is 0 Å². The number of aromatic amines is 1. The van der Waals surface area contributed by atoms with Crippen LogP contribution in [0.15, 0.2) is 10.7 Å². The van der Waals surface area contributed by atoms with Crippen molar-refractivity contribution in [1.82, 2.24) is 30.9 Å². The molecule has 2 heterocycles. The van der Waals surface area contributed by atoms with Gasteiger partial charge >= 0.3 is 0 Å². The van der Waals surface area contributed by atoms with Gasteiger partial charge in [-0.15, -0.1) is 0 Å². The van der Waals surface area contributed by atoms with Crippen molar-refractivity contribution >= 4 is 0 Å².